The highest BCUT2D eigenvalue weighted by Gasteiger charge is 2.20. The van der Waals surface area contributed by atoms with Crippen LogP contribution in [-0.2, 0) is 11.3 Å². The van der Waals surface area contributed by atoms with Crippen LogP contribution in [0.1, 0.15) is 17.2 Å². The number of hydrogen-bond donors (Lipinski definition) is 1. The Labute approximate surface area is 79.3 Å². The van der Waals surface area contributed by atoms with E-state index in [1.807, 2.05) is 18.2 Å². The Morgan fingerprint density at radius 2 is 2.33 bits per heavy atom. The van der Waals surface area contributed by atoms with E-state index >= 15 is 0 Å². The van der Waals surface area contributed by atoms with E-state index in [-0.39, 0.29) is 0 Å². The number of rotatable bonds is 0. The van der Waals surface area contributed by atoms with E-state index in [0.717, 1.165) is 15.6 Å². The summed E-state index contributed by atoms with van der Waals surface area (Å²) in [6.07, 6.45) is -0.482. The summed E-state index contributed by atoms with van der Waals surface area (Å²) in [6.45, 7) is 1.00. The van der Waals surface area contributed by atoms with Gasteiger partial charge in [-0.3, -0.25) is 0 Å². The maximum absolute atomic E-state index is 9.59. The lowest BCUT2D eigenvalue weighted by Crippen LogP contribution is -2.16. The molecule has 1 heterocycles. The first-order valence-electron chi connectivity index (χ1n) is 3.82. The highest BCUT2D eigenvalue weighted by Crippen LogP contribution is 2.30. The Morgan fingerprint density at radius 1 is 1.50 bits per heavy atom. The molecule has 64 valence electrons. The van der Waals surface area contributed by atoms with Gasteiger partial charge in [-0.05, 0) is 11.6 Å². The van der Waals surface area contributed by atoms with Crippen LogP contribution in [0.25, 0.3) is 0 Å². The molecule has 0 radical (unpaired) electrons. The van der Waals surface area contributed by atoms with Gasteiger partial charge in [0, 0.05) is 10.0 Å². The lowest BCUT2D eigenvalue weighted by atomic mass is 10.0. The molecule has 2 nitrogen and oxygen atoms in total. The average Bonchev–Trinajstić information content (AvgIpc) is 2.04. The Bertz CT molecular complexity index is 299. The number of aliphatic hydroxyl groups excluding tert-OH is 1. The average molecular weight is 229 g/mol. The standard InChI is InChI=1S/C9H9BrO2/c10-7-3-1-2-6-4-12-5-8(11)9(6)7/h1-3,8,11H,4-5H2. The van der Waals surface area contributed by atoms with E-state index in [2.05, 4.69) is 15.9 Å². The number of benzene rings is 1. The fraction of sp³-hybridized carbons (Fsp3) is 0.333. The Kier molecular flexibility index (Phi) is 2.17. The summed E-state index contributed by atoms with van der Waals surface area (Å²) in [7, 11) is 0. The molecule has 0 saturated heterocycles. The smallest absolute Gasteiger partial charge is 0.104 e. The normalized spacial score (nSPS) is 22.0. The van der Waals surface area contributed by atoms with Gasteiger partial charge in [0.15, 0.2) is 0 Å². The Morgan fingerprint density at radius 3 is 3.08 bits per heavy atom. The number of hydrogen-bond acceptors (Lipinski definition) is 2. The van der Waals surface area contributed by atoms with Crippen molar-refractivity contribution in [3.05, 3.63) is 33.8 Å². The Balaban J connectivity index is 2.53. The molecular formula is C9H9BrO2. The molecule has 0 fully saturated rings. The highest BCUT2D eigenvalue weighted by molar-refractivity contribution is 9.10. The van der Waals surface area contributed by atoms with Crippen molar-refractivity contribution < 1.29 is 9.84 Å². The van der Waals surface area contributed by atoms with Crippen LogP contribution in [0.15, 0.2) is 22.7 Å². The van der Waals surface area contributed by atoms with Gasteiger partial charge in [0.1, 0.15) is 6.10 Å². The van der Waals surface area contributed by atoms with Gasteiger partial charge in [-0.15, -0.1) is 0 Å². The third-order valence-electron chi connectivity index (χ3n) is 2.01. The monoisotopic (exact) mass is 228 g/mol. The van der Waals surface area contributed by atoms with E-state index in [1.165, 1.54) is 0 Å². The molecule has 12 heavy (non-hydrogen) atoms. The highest BCUT2D eigenvalue weighted by atomic mass is 79.9. The van der Waals surface area contributed by atoms with Crippen LogP contribution in [0.2, 0.25) is 0 Å². The second-order valence-corrected chi connectivity index (χ2v) is 3.70. The van der Waals surface area contributed by atoms with Crippen LogP contribution in [-0.4, -0.2) is 11.7 Å². The quantitative estimate of drug-likeness (QED) is 0.737. The van der Waals surface area contributed by atoms with E-state index < -0.39 is 6.10 Å². The second-order valence-electron chi connectivity index (χ2n) is 2.84. The SMILES string of the molecule is OC1COCc2cccc(Br)c21. The van der Waals surface area contributed by atoms with E-state index in [0.29, 0.717) is 13.2 Å². The molecular weight excluding hydrogens is 220 g/mol. The van der Waals surface area contributed by atoms with Crippen molar-refractivity contribution in [2.75, 3.05) is 6.61 Å². The fourth-order valence-corrected chi connectivity index (χ4v) is 2.12. The molecule has 3 heteroatoms. The summed E-state index contributed by atoms with van der Waals surface area (Å²) in [5, 5.41) is 9.59. The molecule has 0 saturated carbocycles. The van der Waals surface area contributed by atoms with E-state index in [1.54, 1.807) is 0 Å². The summed E-state index contributed by atoms with van der Waals surface area (Å²) in [6, 6.07) is 5.86. The van der Waals surface area contributed by atoms with Gasteiger partial charge in [0.2, 0.25) is 0 Å². The van der Waals surface area contributed by atoms with Crippen molar-refractivity contribution in [1.29, 1.82) is 0 Å². The zero-order chi connectivity index (χ0) is 8.55. The molecule has 0 aromatic heterocycles. The maximum atomic E-state index is 9.59. The molecule has 1 unspecified atom stereocenters. The topological polar surface area (TPSA) is 29.5 Å². The van der Waals surface area contributed by atoms with Gasteiger partial charge in [0.25, 0.3) is 0 Å². The molecule has 2 rings (SSSR count). The number of aliphatic hydroxyl groups is 1. The minimum Gasteiger partial charge on any atom is -0.386 e. The van der Waals surface area contributed by atoms with Gasteiger partial charge < -0.3 is 9.84 Å². The third kappa shape index (κ3) is 1.28. The van der Waals surface area contributed by atoms with Crippen LogP contribution in [0.5, 0.6) is 0 Å². The maximum Gasteiger partial charge on any atom is 0.104 e. The first kappa shape index (κ1) is 8.23. The Hall–Kier alpha value is -0.380. The minimum atomic E-state index is -0.482. The summed E-state index contributed by atoms with van der Waals surface area (Å²) < 4.78 is 6.16. The second kappa shape index (κ2) is 3.17. The largest absolute Gasteiger partial charge is 0.386 e. The molecule has 0 amide bonds. The van der Waals surface area contributed by atoms with Crippen molar-refractivity contribution in [2.24, 2.45) is 0 Å². The van der Waals surface area contributed by atoms with E-state index in [4.69, 9.17) is 4.74 Å². The van der Waals surface area contributed by atoms with Gasteiger partial charge in [-0.2, -0.15) is 0 Å². The van der Waals surface area contributed by atoms with E-state index in [9.17, 15) is 5.11 Å². The fourth-order valence-electron chi connectivity index (χ4n) is 1.44. The molecule has 1 N–H and O–H groups in total. The van der Waals surface area contributed by atoms with Gasteiger partial charge in [-0.25, -0.2) is 0 Å². The summed E-state index contributed by atoms with van der Waals surface area (Å²) in [5.74, 6) is 0. The molecule has 1 aromatic rings. The minimum absolute atomic E-state index is 0.398. The van der Waals surface area contributed by atoms with Crippen molar-refractivity contribution in [1.82, 2.24) is 0 Å². The zero-order valence-corrected chi connectivity index (χ0v) is 8.04. The molecule has 1 aliphatic heterocycles. The van der Waals surface area contributed by atoms with Crippen molar-refractivity contribution in [3.8, 4) is 0 Å². The van der Waals surface area contributed by atoms with Crippen LogP contribution in [0.3, 0.4) is 0 Å². The van der Waals surface area contributed by atoms with Crippen LogP contribution < -0.4 is 0 Å². The molecule has 0 aliphatic carbocycles. The lowest BCUT2D eigenvalue weighted by molar-refractivity contribution is 0.00934. The molecule has 1 atom stereocenters. The first-order chi connectivity index (χ1) is 5.79. The number of halogens is 1. The van der Waals surface area contributed by atoms with Gasteiger partial charge in [0.05, 0.1) is 13.2 Å². The number of ether oxygens (including phenoxy) is 1. The number of fused-ring (bicyclic) bond motifs is 1. The van der Waals surface area contributed by atoms with Crippen LogP contribution in [0.4, 0.5) is 0 Å². The van der Waals surface area contributed by atoms with Crippen LogP contribution >= 0.6 is 15.9 Å². The third-order valence-corrected chi connectivity index (χ3v) is 2.70. The lowest BCUT2D eigenvalue weighted by Gasteiger charge is -2.22. The zero-order valence-electron chi connectivity index (χ0n) is 6.46. The first-order valence-corrected chi connectivity index (χ1v) is 4.61. The summed E-state index contributed by atoms with van der Waals surface area (Å²) in [4.78, 5) is 0. The van der Waals surface area contributed by atoms with Gasteiger partial charge >= 0.3 is 0 Å². The van der Waals surface area contributed by atoms with Crippen molar-refractivity contribution in [2.45, 2.75) is 12.7 Å². The predicted octanol–water partition coefficient (Wildman–Crippen LogP) is 2.01. The van der Waals surface area contributed by atoms with Crippen molar-refractivity contribution >= 4 is 15.9 Å². The molecule has 0 bridgehead atoms. The van der Waals surface area contributed by atoms with Crippen LogP contribution in [0, 0.1) is 0 Å². The van der Waals surface area contributed by atoms with Gasteiger partial charge in [-0.1, -0.05) is 28.1 Å². The summed E-state index contributed by atoms with van der Waals surface area (Å²) >= 11 is 3.41. The van der Waals surface area contributed by atoms with Crippen molar-refractivity contribution in [3.63, 3.8) is 0 Å². The molecule has 0 spiro atoms. The predicted molar refractivity (Wildman–Crippen MR) is 48.8 cm³/mol. The molecule has 1 aliphatic rings. The summed E-state index contributed by atoms with van der Waals surface area (Å²) in [5.41, 5.74) is 2.05. The molecule has 1 aromatic carbocycles.